The number of rotatable bonds is 7. The van der Waals surface area contributed by atoms with Crippen molar-refractivity contribution in [2.45, 2.75) is 27.2 Å². The van der Waals surface area contributed by atoms with E-state index in [4.69, 9.17) is 14.9 Å². The van der Waals surface area contributed by atoms with Gasteiger partial charge in [-0.05, 0) is 67.4 Å². The monoisotopic (exact) mass is 448 g/mol. The number of amidine groups is 2. The molecule has 0 aromatic heterocycles. The fourth-order valence-corrected chi connectivity index (χ4v) is 4.00. The molecule has 0 spiro atoms. The molecule has 1 amide bonds. The molecule has 0 bridgehead atoms. The van der Waals surface area contributed by atoms with Gasteiger partial charge in [0.05, 0.1) is 5.57 Å². The minimum Gasteiger partial charge on any atom is -0.490 e. The van der Waals surface area contributed by atoms with Crippen LogP contribution in [0.3, 0.4) is 0 Å². The van der Waals surface area contributed by atoms with Crippen LogP contribution in [-0.2, 0) is 4.79 Å². The number of fused-ring (bicyclic) bond motifs is 1. The lowest BCUT2D eigenvalue weighted by atomic mass is 10.1. The van der Waals surface area contributed by atoms with Crippen molar-refractivity contribution in [3.8, 4) is 11.5 Å². The van der Waals surface area contributed by atoms with Gasteiger partial charge in [-0.2, -0.15) is 15.1 Å². The summed E-state index contributed by atoms with van der Waals surface area (Å²) in [4.78, 5) is 16.7. The minimum atomic E-state index is -0.450. The van der Waals surface area contributed by atoms with Crippen LogP contribution in [0.4, 0.5) is 0 Å². The van der Waals surface area contributed by atoms with Crippen molar-refractivity contribution in [3.63, 3.8) is 0 Å². The Morgan fingerprint density at radius 3 is 2.66 bits per heavy atom. The van der Waals surface area contributed by atoms with Crippen LogP contribution >= 0.6 is 11.8 Å². The summed E-state index contributed by atoms with van der Waals surface area (Å²) in [5, 5.41) is 15.5. The molecular weight excluding hydrogens is 424 g/mol. The number of aliphatic imine (C=N–C) groups is 1. The SMILES string of the molecule is CCC1=NN2C(=N)C(=Cc3ccccc3OCCOc3ccc(C)c(C)c3)C(=O)N=C2S1. The summed E-state index contributed by atoms with van der Waals surface area (Å²) in [5.74, 6) is 0.975. The van der Waals surface area contributed by atoms with E-state index in [9.17, 15) is 4.79 Å². The molecule has 0 radical (unpaired) electrons. The van der Waals surface area contributed by atoms with E-state index >= 15 is 0 Å². The van der Waals surface area contributed by atoms with Gasteiger partial charge in [-0.15, -0.1) is 0 Å². The third-order valence-corrected chi connectivity index (χ3v) is 6.16. The first kappa shape index (κ1) is 21.8. The van der Waals surface area contributed by atoms with Gasteiger partial charge in [-0.25, -0.2) is 0 Å². The van der Waals surface area contributed by atoms with Crippen molar-refractivity contribution < 1.29 is 14.3 Å². The van der Waals surface area contributed by atoms with Gasteiger partial charge in [0.2, 0.25) is 5.17 Å². The van der Waals surface area contributed by atoms with Crippen LogP contribution in [0, 0.1) is 19.3 Å². The Labute approximate surface area is 191 Å². The molecule has 8 heteroatoms. The molecule has 2 aromatic carbocycles. The number of benzene rings is 2. The first-order chi connectivity index (χ1) is 15.5. The maximum Gasteiger partial charge on any atom is 0.283 e. The average Bonchev–Trinajstić information content (AvgIpc) is 3.20. The largest absolute Gasteiger partial charge is 0.490 e. The molecule has 4 rings (SSSR count). The van der Waals surface area contributed by atoms with Crippen molar-refractivity contribution >= 4 is 39.8 Å². The van der Waals surface area contributed by atoms with E-state index in [1.165, 1.54) is 27.9 Å². The number of hydrazone groups is 1. The number of hydrogen-bond donors (Lipinski definition) is 1. The van der Waals surface area contributed by atoms with E-state index in [1.54, 1.807) is 6.08 Å². The molecule has 2 aromatic rings. The van der Waals surface area contributed by atoms with Crippen LogP contribution in [0.2, 0.25) is 0 Å². The summed E-state index contributed by atoms with van der Waals surface area (Å²) in [7, 11) is 0. The number of amides is 1. The topological polar surface area (TPSA) is 87.3 Å². The quantitative estimate of drug-likeness (QED) is 0.486. The fourth-order valence-electron chi connectivity index (χ4n) is 3.18. The molecule has 0 unspecified atom stereocenters. The lowest BCUT2D eigenvalue weighted by molar-refractivity contribution is -0.114. The molecule has 2 heterocycles. The number of aryl methyl sites for hydroxylation is 2. The van der Waals surface area contributed by atoms with E-state index in [2.05, 4.69) is 23.9 Å². The summed E-state index contributed by atoms with van der Waals surface area (Å²) in [6, 6.07) is 13.4. The summed E-state index contributed by atoms with van der Waals surface area (Å²) in [6.07, 6.45) is 2.36. The molecular formula is C24H24N4O3S. The molecule has 0 saturated carbocycles. The van der Waals surface area contributed by atoms with Crippen molar-refractivity contribution in [1.82, 2.24) is 5.01 Å². The lowest BCUT2D eigenvalue weighted by Gasteiger charge is -2.20. The maximum absolute atomic E-state index is 12.6. The predicted octanol–water partition coefficient (Wildman–Crippen LogP) is 4.79. The van der Waals surface area contributed by atoms with Gasteiger partial charge < -0.3 is 9.47 Å². The lowest BCUT2D eigenvalue weighted by Crippen LogP contribution is -2.35. The normalized spacial score (nSPS) is 16.7. The highest BCUT2D eigenvalue weighted by molar-refractivity contribution is 8.26. The van der Waals surface area contributed by atoms with Gasteiger partial charge in [0.15, 0.2) is 5.84 Å². The Kier molecular flexibility index (Phi) is 6.41. The molecule has 0 saturated heterocycles. The van der Waals surface area contributed by atoms with E-state index in [1.807, 2.05) is 49.4 Å². The number of carbonyl (C=O) groups excluding carboxylic acids is 1. The van der Waals surface area contributed by atoms with Gasteiger partial charge in [0.1, 0.15) is 29.8 Å². The summed E-state index contributed by atoms with van der Waals surface area (Å²) in [6.45, 7) is 6.82. The molecule has 164 valence electrons. The number of nitrogens with zero attached hydrogens (tertiary/aromatic N) is 3. The third-order valence-electron chi connectivity index (χ3n) is 5.11. The number of para-hydroxylation sites is 1. The highest BCUT2D eigenvalue weighted by atomic mass is 32.2. The second kappa shape index (κ2) is 9.40. The number of nitrogens with one attached hydrogen (secondary N) is 1. The Hall–Kier alpha value is -3.39. The second-order valence-electron chi connectivity index (χ2n) is 7.35. The van der Waals surface area contributed by atoms with Crippen molar-refractivity contribution in [1.29, 1.82) is 5.41 Å². The molecule has 0 aliphatic carbocycles. The smallest absolute Gasteiger partial charge is 0.283 e. The Morgan fingerprint density at radius 2 is 1.88 bits per heavy atom. The average molecular weight is 449 g/mol. The van der Waals surface area contributed by atoms with Gasteiger partial charge in [-0.3, -0.25) is 10.2 Å². The maximum atomic E-state index is 12.6. The zero-order valence-corrected chi connectivity index (χ0v) is 19.0. The van der Waals surface area contributed by atoms with Crippen molar-refractivity contribution in [2.75, 3.05) is 13.2 Å². The highest BCUT2D eigenvalue weighted by Gasteiger charge is 2.35. The molecule has 2 aliphatic heterocycles. The number of carbonyl (C=O) groups is 1. The predicted molar refractivity (Wildman–Crippen MR) is 129 cm³/mol. The zero-order chi connectivity index (χ0) is 22.7. The minimum absolute atomic E-state index is 0.0174. The van der Waals surface area contributed by atoms with Gasteiger partial charge >= 0.3 is 0 Å². The first-order valence-electron chi connectivity index (χ1n) is 10.4. The van der Waals surface area contributed by atoms with Crippen LogP contribution in [0.15, 0.2) is 58.1 Å². The fraction of sp³-hybridized carbons (Fsp3) is 0.250. The number of thioether (sulfide) groups is 1. The van der Waals surface area contributed by atoms with Crippen LogP contribution in [0.5, 0.6) is 11.5 Å². The first-order valence-corrected chi connectivity index (χ1v) is 11.2. The Balaban J connectivity index is 1.46. The molecule has 0 fully saturated rings. The van der Waals surface area contributed by atoms with E-state index in [0.717, 1.165) is 17.2 Å². The Morgan fingerprint density at radius 1 is 1.09 bits per heavy atom. The molecule has 1 N–H and O–H groups in total. The van der Waals surface area contributed by atoms with Crippen molar-refractivity contribution in [3.05, 3.63) is 64.7 Å². The zero-order valence-electron chi connectivity index (χ0n) is 18.2. The standard InChI is InChI=1S/C24H24N4O3S/c1-4-21-27-28-22(25)19(23(29)26-24(28)32-21)14-17-7-5-6-8-20(17)31-12-11-30-18-10-9-15(2)16(3)13-18/h5-10,13-14,25H,4,11-12H2,1-3H3. The summed E-state index contributed by atoms with van der Waals surface area (Å²) >= 11 is 1.33. The number of ether oxygens (including phenoxy) is 2. The van der Waals surface area contributed by atoms with Crippen LogP contribution < -0.4 is 9.47 Å². The molecule has 7 nitrogen and oxygen atoms in total. The van der Waals surface area contributed by atoms with Gasteiger partial charge in [0.25, 0.3) is 5.91 Å². The highest BCUT2D eigenvalue weighted by Crippen LogP contribution is 2.30. The molecule has 2 aliphatic rings. The van der Waals surface area contributed by atoms with E-state index in [0.29, 0.717) is 29.7 Å². The molecule has 0 atom stereocenters. The number of hydrogen-bond acceptors (Lipinski definition) is 6. The van der Waals surface area contributed by atoms with Crippen LogP contribution in [0.1, 0.15) is 30.0 Å². The molecule has 32 heavy (non-hydrogen) atoms. The summed E-state index contributed by atoms with van der Waals surface area (Å²) < 4.78 is 11.7. The van der Waals surface area contributed by atoms with Crippen LogP contribution in [-0.4, -0.2) is 40.2 Å². The Bertz CT molecular complexity index is 1170. The third kappa shape index (κ3) is 4.60. The van der Waals surface area contributed by atoms with E-state index < -0.39 is 5.91 Å². The van der Waals surface area contributed by atoms with E-state index in [-0.39, 0.29) is 11.4 Å². The van der Waals surface area contributed by atoms with Gasteiger partial charge in [-0.1, -0.05) is 31.2 Å². The summed E-state index contributed by atoms with van der Waals surface area (Å²) in [5.41, 5.74) is 3.27. The second-order valence-corrected chi connectivity index (χ2v) is 8.39. The van der Waals surface area contributed by atoms with Gasteiger partial charge in [0, 0.05) is 5.56 Å². The van der Waals surface area contributed by atoms with Crippen molar-refractivity contribution in [2.24, 2.45) is 10.1 Å². The van der Waals surface area contributed by atoms with Crippen LogP contribution in [0.25, 0.3) is 6.08 Å².